The molecule has 2 amide bonds. The van der Waals surface area contributed by atoms with E-state index in [1.54, 1.807) is 23.5 Å². The number of fused-ring (bicyclic) bond motifs is 2. The lowest BCUT2D eigenvalue weighted by molar-refractivity contribution is -0.128. The van der Waals surface area contributed by atoms with Gasteiger partial charge in [0.2, 0.25) is 17.5 Å². The van der Waals surface area contributed by atoms with E-state index in [0.29, 0.717) is 30.8 Å². The van der Waals surface area contributed by atoms with Crippen LogP contribution in [0.1, 0.15) is 63.6 Å². The van der Waals surface area contributed by atoms with Gasteiger partial charge in [-0.2, -0.15) is 5.32 Å². The van der Waals surface area contributed by atoms with Gasteiger partial charge in [-0.25, -0.2) is 4.98 Å². The Kier molecular flexibility index (Phi) is 10.3. The van der Waals surface area contributed by atoms with Crippen LogP contribution in [0.4, 0.5) is 5.69 Å². The largest absolute Gasteiger partial charge is 0.356 e. The van der Waals surface area contributed by atoms with Crippen molar-refractivity contribution in [2.24, 2.45) is 11.8 Å². The molecule has 0 spiro atoms. The van der Waals surface area contributed by atoms with Crippen molar-refractivity contribution < 1.29 is 9.59 Å². The topological polar surface area (TPSA) is 94.2 Å². The molecule has 2 fully saturated rings. The number of nitrogens with one attached hydrogen (secondary N) is 2. The van der Waals surface area contributed by atoms with Gasteiger partial charge in [-0.05, 0) is 36.8 Å². The summed E-state index contributed by atoms with van der Waals surface area (Å²) in [5.74, 6) is 1.61. The average molecular weight is 550 g/mol. The van der Waals surface area contributed by atoms with E-state index in [-0.39, 0.29) is 11.8 Å². The lowest BCUT2D eigenvalue weighted by Gasteiger charge is -2.15. The van der Waals surface area contributed by atoms with Crippen LogP contribution in [-0.4, -0.2) is 55.7 Å². The van der Waals surface area contributed by atoms with E-state index in [1.807, 2.05) is 29.3 Å². The van der Waals surface area contributed by atoms with Gasteiger partial charge in [-0.15, -0.1) is 11.6 Å². The van der Waals surface area contributed by atoms with Gasteiger partial charge in [0.25, 0.3) is 0 Å². The molecule has 3 aliphatic rings. The first kappa shape index (κ1) is 28.5. The van der Waals surface area contributed by atoms with Crippen LogP contribution >= 0.6 is 11.6 Å². The number of pyridine rings is 2. The monoisotopic (exact) mass is 549 g/mol. The lowest BCUT2D eigenvalue weighted by Crippen LogP contribution is -2.24. The maximum atomic E-state index is 12.0. The molecule has 8 nitrogen and oxygen atoms in total. The predicted molar refractivity (Wildman–Crippen MR) is 156 cm³/mol. The number of nitrogens with zero attached hydrogens (tertiary/aromatic N) is 4. The van der Waals surface area contributed by atoms with Crippen LogP contribution in [0, 0.1) is 18.0 Å². The average Bonchev–Trinajstić information content (AvgIpc) is 3.72. The number of anilines is 1. The van der Waals surface area contributed by atoms with E-state index in [2.05, 4.69) is 46.4 Å². The molecule has 3 aromatic heterocycles. The minimum atomic E-state index is 0.221. The minimum Gasteiger partial charge on any atom is -0.356 e. The van der Waals surface area contributed by atoms with Crippen LogP contribution < -0.4 is 5.32 Å². The number of carbonyl (C=O) groups excluding carboxylic acids is 2. The summed E-state index contributed by atoms with van der Waals surface area (Å²) in [6.07, 6.45) is 18.0. The van der Waals surface area contributed by atoms with E-state index in [9.17, 15) is 9.59 Å². The highest BCUT2D eigenvalue weighted by Gasteiger charge is 2.29. The zero-order valence-electron chi connectivity index (χ0n) is 22.8. The van der Waals surface area contributed by atoms with Crippen LogP contribution in [0.25, 0.3) is 17.0 Å². The Morgan fingerprint density at radius 1 is 0.974 bits per heavy atom. The summed E-state index contributed by atoms with van der Waals surface area (Å²) in [6, 6.07) is 6.40. The number of hydrogen-bond acceptors (Lipinski definition) is 5. The molecule has 2 saturated heterocycles. The van der Waals surface area contributed by atoms with Gasteiger partial charge in [0.15, 0.2) is 5.56 Å². The Hall–Kier alpha value is -3.48. The molecule has 3 aliphatic heterocycles. The van der Waals surface area contributed by atoms with Crippen LogP contribution in [0.2, 0.25) is 0 Å². The molecular weight excluding hydrogens is 512 g/mol. The van der Waals surface area contributed by atoms with Crippen molar-refractivity contribution in [3.8, 4) is 0 Å². The summed E-state index contributed by atoms with van der Waals surface area (Å²) in [5.41, 5.74) is 4.32. The van der Waals surface area contributed by atoms with Crippen LogP contribution in [-0.2, 0) is 16.1 Å². The Labute approximate surface area is 235 Å². The van der Waals surface area contributed by atoms with Gasteiger partial charge in [0.1, 0.15) is 18.5 Å². The maximum Gasteiger partial charge on any atom is 0.223 e. The van der Waals surface area contributed by atoms with Crippen LogP contribution in [0.15, 0.2) is 43.0 Å². The number of halogens is 1. The van der Waals surface area contributed by atoms with Crippen molar-refractivity contribution in [1.29, 1.82) is 0 Å². The molecule has 0 bridgehead atoms. The van der Waals surface area contributed by atoms with E-state index in [1.165, 1.54) is 0 Å². The molecule has 2 N–H and O–H groups in total. The van der Waals surface area contributed by atoms with E-state index in [0.717, 1.165) is 73.0 Å². The van der Waals surface area contributed by atoms with Crippen LogP contribution in [0.3, 0.4) is 0 Å². The summed E-state index contributed by atoms with van der Waals surface area (Å²) >= 11 is 5.57. The summed E-state index contributed by atoms with van der Waals surface area (Å²) in [4.78, 5) is 38.2. The third-order valence-corrected chi connectivity index (χ3v) is 7.55. The number of aromatic amines is 1. The first-order valence-corrected chi connectivity index (χ1v) is 14.4. The number of aromatic nitrogens is 3. The highest BCUT2D eigenvalue weighted by molar-refractivity contribution is 6.18. The molecule has 39 heavy (non-hydrogen) atoms. The fraction of sp³-hybridized carbons (Fsp3) is 0.467. The number of amides is 2. The SMILES string of the molecule is CCCC1CC(=O)N(CCl)C1.CCCC1CC(=O)N(Cc2cc3ccncc3[nH]2)C1.[C+]1=Cc2ccncc2N1. The maximum absolute atomic E-state index is 12.0. The molecule has 3 aromatic rings. The number of H-pyrrole nitrogens is 1. The highest BCUT2D eigenvalue weighted by atomic mass is 35.5. The van der Waals surface area contributed by atoms with Crippen molar-refractivity contribution >= 4 is 46.1 Å². The summed E-state index contributed by atoms with van der Waals surface area (Å²) < 4.78 is 0. The van der Waals surface area contributed by atoms with E-state index in [4.69, 9.17) is 11.6 Å². The van der Waals surface area contributed by atoms with Gasteiger partial charge < -0.3 is 14.8 Å². The van der Waals surface area contributed by atoms with Crippen molar-refractivity contribution in [1.82, 2.24) is 24.8 Å². The van der Waals surface area contributed by atoms with Crippen molar-refractivity contribution in [3.05, 3.63) is 60.4 Å². The van der Waals surface area contributed by atoms with Crippen LogP contribution in [0.5, 0.6) is 0 Å². The first-order valence-electron chi connectivity index (χ1n) is 13.8. The normalized spacial score (nSPS) is 19.3. The van der Waals surface area contributed by atoms with Gasteiger partial charge in [0, 0.05) is 55.5 Å². The number of carbonyl (C=O) groups is 2. The zero-order chi connectivity index (χ0) is 27.6. The molecular formula is C30H38ClN6O2+. The van der Waals surface area contributed by atoms with Gasteiger partial charge in [0.05, 0.1) is 24.3 Å². The van der Waals surface area contributed by atoms with Crippen molar-refractivity contribution in [3.63, 3.8) is 0 Å². The smallest absolute Gasteiger partial charge is 0.223 e. The molecule has 0 saturated carbocycles. The summed E-state index contributed by atoms with van der Waals surface area (Å²) in [6.45, 7) is 6.79. The fourth-order valence-corrected chi connectivity index (χ4v) is 5.56. The van der Waals surface area contributed by atoms with Crippen molar-refractivity contribution in [2.75, 3.05) is 24.4 Å². The third kappa shape index (κ3) is 7.78. The second-order valence-electron chi connectivity index (χ2n) is 10.4. The summed E-state index contributed by atoms with van der Waals surface area (Å²) in [5, 5.41) is 4.09. The minimum absolute atomic E-state index is 0.221. The molecule has 6 heterocycles. The molecule has 9 heteroatoms. The third-order valence-electron chi connectivity index (χ3n) is 7.26. The molecule has 0 aromatic carbocycles. The standard InChI is InChI=1S/C15H19N3O.C8H14ClNO.C7H5N2/c1-2-3-11-6-15(19)18(9-11)10-13-7-12-4-5-16-8-14(12)17-13;1-2-3-7-4-8(11)10(5-7)6-9;1-3-8-5-7-6(1)2-4-9-7/h4-5,7-8,11,17H,2-3,6,9-10H2,1H3;7H,2-6H2,1H3;1-3,5,9H/q;;+1. The number of likely N-dealkylation sites (tertiary alicyclic amines) is 2. The molecule has 0 radical (unpaired) electrons. The molecule has 206 valence electrons. The highest BCUT2D eigenvalue weighted by Crippen LogP contribution is 2.25. The Morgan fingerprint density at radius 3 is 2.28 bits per heavy atom. The van der Waals surface area contributed by atoms with Gasteiger partial charge in [-0.3, -0.25) is 14.6 Å². The quantitative estimate of drug-likeness (QED) is 0.220. The lowest BCUT2D eigenvalue weighted by atomic mass is 10.0. The molecule has 0 aliphatic carbocycles. The first-order chi connectivity index (χ1) is 19.0. The summed E-state index contributed by atoms with van der Waals surface area (Å²) in [7, 11) is 0. The Balaban J connectivity index is 0.000000149. The second kappa shape index (κ2) is 14.1. The molecule has 2 unspecified atom stereocenters. The van der Waals surface area contributed by atoms with Gasteiger partial charge in [-0.1, -0.05) is 26.7 Å². The van der Waals surface area contributed by atoms with E-state index >= 15 is 0 Å². The Bertz CT molecular complexity index is 1240. The molecule has 2 atom stereocenters. The fourth-order valence-electron chi connectivity index (χ4n) is 5.33. The number of rotatable bonds is 7. The second-order valence-corrected chi connectivity index (χ2v) is 10.6. The van der Waals surface area contributed by atoms with E-state index < -0.39 is 0 Å². The predicted octanol–water partition coefficient (Wildman–Crippen LogP) is 5.82. The molecule has 6 rings (SSSR count). The number of hydrogen-bond donors (Lipinski definition) is 2. The number of alkyl halides is 1. The Morgan fingerprint density at radius 2 is 1.64 bits per heavy atom. The van der Waals surface area contributed by atoms with Crippen molar-refractivity contribution in [2.45, 2.75) is 58.9 Å². The van der Waals surface area contributed by atoms with Gasteiger partial charge >= 0.3 is 0 Å². The zero-order valence-corrected chi connectivity index (χ0v) is 23.6.